The summed E-state index contributed by atoms with van der Waals surface area (Å²) >= 11 is 13.5. The summed E-state index contributed by atoms with van der Waals surface area (Å²) in [4.78, 5) is 28.2. The van der Waals surface area contributed by atoms with Crippen LogP contribution in [-0.2, 0) is 0 Å². The van der Waals surface area contributed by atoms with Crippen LogP contribution in [0.4, 0.5) is 5.69 Å². The van der Waals surface area contributed by atoms with E-state index in [1.165, 1.54) is 6.07 Å². The number of carboxylic acid groups (broad SMARTS) is 1. The number of amides is 1. The number of nitrogens with zero attached hydrogens (tertiary/aromatic N) is 1. The summed E-state index contributed by atoms with van der Waals surface area (Å²) < 4.78 is 0. The maximum atomic E-state index is 13.7. The zero-order valence-electron chi connectivity index (χ0n) is 18.7. The van der Waals surface area contributed by atoms with Crippen molar-refractivity contribution in [3.63, 3.8) is 0 Å². The second kappa shape index (κ2) is 9.87. The van der Waals surface area contributed by atoms with Gasteiger partial charge in [0, 0.05) is 16.5 Å². The van der Waals surface area contributed by atoms with E-state index in [1.54, 1.807) is 23.1 Å². The largest absolute Gasteiger partial charge is 0.477 e. The molecule has 0 aliphatic heterocycles. The number of thiophene rings is 1. The number of anilines is 1. The van der Waals surface area contributed by atoms with Crippen LogP contribution in [0.25, 0.3) is 0 Å². The topological polar surface area (TPSA) is 57.6 Å². The van der Waals surface area contributed by atoms with Crippen LogP contribution in [0.15, 0.2) is 24.3 Å². The van der Waals surface area contributed by atoms with Crippen molar-refractivity contribution in [2.45, 2.75) is 59.4 Å². The fraction of sp³-hybridized carbons (Fsp3) is 0.440. The van der Waals surface area contributed by atoms with Crippen molar-refractivity contribution >= 4 is 52.1 Å². The molecule has 1 saturated carbocycles. The number of benzene rings is 1. The third-order valence-electron chi connectivity index (χ3n) is 5.46. The number of carbonyl (C=O) groups is 2. The first kappa shape index (κ1) is 24.6. The highest BCUT2D eigenvalue weighted by atomic mass is 35.5. The van der Waals surface area contributed by atoms with Gasteiger partial charge >= 0.3 is 5.97 Å². The molecule has 1 aromatic heterocycles. The minimum absolute atomic E-state index is 0.110. The molecule has 0 atom stereocenters. The Hall–Kier alpha value is -2.00. The van der Waals surface area contributed by atoms with Gasteiger partial charge in [-0.3, -0.25) is 4.79 Å². The average Bonchev–Trinajstić information content (AvgIpc) is 3.12. The van der Waals surface area contributed by atoms with Crippen molar-refractivity contribution < 1.29 is 14.7 Å². The van der Waals surface area contributed by atoms with Crippen LogP contribution in [0.3, 0.4) is 0 Å². The maximum absolute atomic E-state index is 13.7. The zero-order valence-corrected chi connectivity index (χ0v) is 21.0. The van der Waals surface area contributed by atoms with Gasteiger partial charge in [0.1, 0.15) is 4.88 Å². The van der Waals surface area contributed by atoms with E-state index in [-0.39, 0.29) is 27.3 Å². The van der Waals surface area contributed by atoms with Gasteiger partial charge < -0.3 is 10.0 Å². The molecular weight excluding hydrogens is 465 g/mol. The van der Waals surface area contributed by atoms with Crippen molar-refractivity contribution in [1.82, 2.24) is 0 Å². The van der Waals surface area contributed by atoms with Crippen molar-refractivity contribution in [2.75, 3.05) is 4.90 Å². The zero-order chi connectivity index (χ0) is 23.6. The van der Waals surface area contributed by atoms with Crippen LogP contribution >= 0.6 is 34.5 Å². The molecule has 7 heteroatoms. The SMILES string of the molecule is CC1CCC(N(C(=O)c2ccc(Cl)cc2Cl)c2cc(C#CC(C)(C)C)sc2C(=O)O)CC1. The fourth-order valence-electron chi connectivity index (χ4n) is 3.79. The number of hydrogen-bond donors (Lipinski definition) is 1. The lowest BCUT2D eigenvalue weighted by Crippen LogP contribution is -2.43. The molecular formula is C25H27Cl2NO3S. The van der Waals surface area contributed by atoms with E-state index in [1.807, 2.05) is 20.8 Å². The Morgan fingerprint density at radius 2 is 1.78 bits per heavy atom. The van der Waals surface area contributed by atoms with Gasteiger partial charge in [0.2, 0.25) is 0 Å². The van der Waals surface area contributed by atoms with Crippen LogP contribution in [0.5, 0.6) is 0 Å². The average molecular weight is 492 g/mol. The van der Waals surface area contributed by atoms with Crippen LogP contribution in [-0.4, -0.2) is 23.0 Å². The number of rotatable bonds is 4. The third-order valence-corrected chi connectivity index (χ3v) is 7.03. The lowest BCUT2D eigenvalue weighted by Gasteiger charge is -2.36. The molecule has 0 bridgehead atoms. The lowest BCUT2D eigenvalue weighted by molar-refractivity contribution is 0.0702. The van der Waals surface area contributed by atoms with Gasteiger partial charge in [-0.05, 0) is 76.6 Å². The van der Waals surface area contributed by atoms with Crippen LogP contribution in [0.1, 0.15) is 78.3 Å². The molecule has 1 heterocycles. The molecule has 1 fully saturated rings. The predicted molar refractivity (Wildman–Crippen MR) is 132 cm³/mol. The number of carboxylic acids is 1. The van der Waals surface area contributed by atoms with E-state index in [2.05, 4.69) is 18.8 Å². The van der Waals surface area contributed by atoms with E-state index < -0.39 is 5.97 Å². The third kappa shape index (κ3) is 5.86. The molecule has 2 aromatic rings. The van der Waals surface area contributed by atoms with Gasteiger partial charge in [-0.2, -0.15) is 0 Å². The Kier molecular flexibility index (Phi) is 7.60. The van der Waals surface area contributed by atoms with Crippen LogP contribution < -0.4 is 4.90 Å². The quantitative estimate of drug-likeness (QED) is 0.453. The van der Waals surface area contributed by atoms with Gasteiger partial charge in [-0.15, -0.1) is 11.3 Å². The van der Waals surface area contributed by atoms with E-state index in [0.29, 0.717) is 27.1 Å². The number of aromatic carboxylic acids is 1. The highest BCUT2D eigenvalue weighted by Crippen LogP contribution is 2.38. The van der Waals surface area contributed by atoms with E-state index in [9.17, 15) is 14.7 Å². The Labute approximate surface area is 203 Å². The molecule has 4 nitrogen and oxygen atoms in total. The molecule has 1 N–H and O–H groups in total. The summed E-state index contributed by atoms with van der Waals surface area (Å²) in [6.45, 7) is 8.18. The van der Waals surface area contributed by atoms with Crippen molar-refractivity contribution in [3.8, 4) is 11.8 Å². The Morgan fingerprint density at radius 1 is 1.12 bits per heavy atom. The summed E-state index contributed by atoms with van der Waals surface area (Å²) in [5.74, 6) is 5.42. The Morgan fingerprint density at radius 3 is 2.34 bits per heavy atom. The molecule has 170 valence electrons. The van der Waals surface area contributed by atoms with Gasteiger partial charge in [0.15, 0.2) is 0 Å². The molecule has 1 amide bonds. The number of halogens is 2. The number of hydrogen-bond acceptors (Lipinski definition) is 3. The summed E-state index contributed by atoms with van der Waals surface area (Å²) in [6.07, 6.45) is 3.56. The highest BCUT2D eigenvalue weighted by molar-refractivity contribution is 7.15. The van der Waals surface area contributed by atoms with Crippen molar-refractivity contribution in [2.24, 2.45) is 11.3 Å². The molecule has 3 rings (SSSR count). The molecule has 0 unspecified atom stereocenters. The summed E-state index contributed by atoms with van der Waals surface area (Å²) in [7, 11) is 0. The second-order valence-corrected chi connectivity index (χ2v) is 11.2. The number of carbonyl (C=O) groups excluding carboxylic acids is 1. The first-order valence-electron chi connectivity index (χ1n) is 10.6. The molecule has 0 radical (unpaired) electrons. The van der Waals surface area contributed by atoms with Gasteiger partial charge in [-0.25, -0.2) is 4.79 Å². The highest BCUT2D eigenvalue weighted by Gasteiger charge is 2.34. The van der Waals surface area contributed by atoms with Gasteiger partial charge in [-0.1, -0.05) is 42.0 Å². The van der Waals surface area contributed by atoms with E-state index >= 15 is 0 Å². The first-order valence-corrected chi connectivity index (χ1v) is 12.2. The minimum Gasteiger partial charge on any atom is -0.477 e. The predicted octanol–water partition coefficient (Wildman–Crippen LogP) is 7.38. The molecule has 0 spiro atoms. The summed E-state index contributed by atoms with van der Waals surface area (Å²) in [6, 6.07) is 6.36. The summed E-state index contributed by atoms with van der Waals surface area (Å²) in [5.41, 5.74) is 0.468. The van der Waals surface area contributed by atoms with Crippen LogP contribution in [0.2, 0.25) is 10.0 Å². The van der Waals surface area contributed by atoms with Crippen molar-refractivity contribution in [3.05, 3.63) is 49.6 Å². The second-order valence-electron chi connectivity index (χ2n) is 9.34. The first-order chi connectivity index (χ1) is 15.0. The molecule has 1 aliphatic carbocycles. The minimum atomic E-state index is -1.07. The molecule has 1 aromatic carbocycles. The smallest absolute Gasteiger partial charge is 0.348 e. The standard InChI is InChI=1S/C25H27Cl2NO3S/c1-15-5-8-17(9-6-15)28(23(29)19-10-7-16(26)13-20(19)27)21-14-18(11-12-25(2,3)4)32-22(21)24(30)31/h7,10,13-15,17H,5-6,8-9H2,1-4H3,(H,30,31). The lowest BCUT2D eigenvalue weighted by atomic mass is 9.86. The van der Waals surface area contributed by atoms with Crippen molar-refractivity contribution in [1.29, 1.82) is 0 Å². The molecule has 32 heavy (non-hydrogen) atoms. The van der Waals surface area contributed by atoms with E-state index in [0.717, 1.165) is 37.0 Å². The van der Waals surface area contributed by atoms with Gasteiger partial charge in [0.25, 0.3) is 5.91 Å². The maximum Gasteiger partial charge on any atom is 0.348 e. The fourth-order valence-corrected chi connectivity index (χ4v) is 5.12. The molecule has 1 aliphatic rings. The molecule has 0 saturated heterocycles. The van der Waals surface area contributed by atoms with Gasteiger partial charge in [0.05, 0.1) is 21.2 Å². The Balaban J connectivity index is 2.12. The van der Waals surface area contributed by atoms with Crippen LogP contribution in [0, 0.1) is 23.2 Å². The van der Waals surface area contributed by atoms with E-state index in [4.69, 9.17) is 23.2 Å². The normalized spacial score (nSPS) is 18.6. The summed E-state index contributed by atoms with van der Waals surface area (Å²) in [5, 5.41) is 10.6. The monoisotopic (exact) mass is 491 g/mol. The Bertz CT molecular complexity index is 1080.